The number of anilines is 1. The molecule has 2 saturated heterocycles. The maximum absolute atomic E-state index is 13.5. The molecule has 6 rings (SSSR count). The molecule has 9 heteroatoms. The van der Waals surface area contributed by atoms with Crippen LogP contribution in [-0.2, 0) is 17.8 Å². The number of fused-ring (bicyclic) bond motifs is 1. The van der Waals surface area contributed by atoms with Gasteiger partial charge in [0.05, 0.1) is 18.0 Å². The molecule has 2 aliphatic rings. The summed E-state index contributed by atoms with van der Waals surface area (Å²) in [4.78, 5) is 43.3. The lowest BCUT2D eigenvalue weighted by Gasteiger charge is -2.34. The molecule has 3 aromatic carbocycles. The Morgan fingerprint density at radius 1 is 0.979 bits per heavy atom. The molecule has 47 heavy (non-hydrogen) atoms. The summed E-state index contributed by atoms with van der Waals surface area (Å²) < 4.78 is 11.4. The Morgan fingerprint density at radius 2 is 1.77 bits per heavy atom. The van der Waals surface area contributed by atoms with Crippen molar-refractivity contribution < 1.29 is 18.7 Å². The topological polar surface area (TPSA) is 92.1 Å². The Balaban J connectivity index is 1.18. The second-order valence-electron chi connectivity index (χ2n) is 12.2. The molecule has 0 radical (unpaired) electrons. The summed E-state index contributed by atoms with van der Waals surface area (Å²) in [5.41, 5.74) is 4.66. The monoisotopic (exact) mass is 653 g/mol. The van der Waals surface area contributed by atoms with Crippen LogP contribution in [0.25, 0.3) is 11.0 Å². The van der Waals surface area contributed by atoms with Gasteiger partial charge in [0.25, 0.3) is 5.91 Å². The molecule has 1 atom stereocenters. The third kappa shape index (κ3) is 8.06. The van der Waals surface area contributed by atoms with Crippen molar-refractivity contribution in [3.8, 4) is 5.75 Å². The van der Waals surface area contributed by atoms with E-state index in [9.17, 15) is 14.4 Å². The van der Waals surface area contributed by atoms with Crippen molar-refractivity contribution >= 4 is 40.1 Å². The van der Waals surface area contributed by atoms with Crippen LogP contribution in [0.5, 0.6) is 5.75 Å². The number of carbonyl (C=O) groups is 2. The van der Waals surface area contributed by atoms with Crippen LogP contribution in [0.4, 0.5) is 5.69 Å². The van der Waals surface area contributed by atoms with E-state index in [1.807, 2.05) is 42.2 Å². The van der Waals surface area contributed by atoms with Crippen LogP contribution >= 0.6 is 11.6 Å². The van der Waals surface area contributed by atoms with Crippen LogP contribution in [0.15, 0.2) is 93.7 Å². The van der Waals surface area contributed by atoms with Crippen LogP contribution in [-0.4, -0.2) is 49.0 Å². The van der Waals surface area contributed by atoms with Gasteiger partial charge in [-0.05, 0) is 86.6 Å². The first-order chi connectivity index (χ1) is 22.9. The van der Waals surface area contributed by atoms with Crippen molar-refractivity contribution in [3.05, 3.63) is 117 Å². The van der Waals surface area contributed by atoms with Crippen molar-refractivity contribution in [2.75, 3.05) is 31.1 Å². The fourth-order valence-electron chi connectivity index (χ4n) is 6.44. The van der Waals surface area contributed by atoms with Gasteiger partial charge < -0.3 is 24.3 Å². The molecule has 1 N–H and O–H groups in total. The predicted octanol–water partition coefficient (Wildman–Crippen LogP) is 6.93. The predicted molar refractivity (Wildman–Crippen MR) is 185 cm³/mol. The minimum absolute atomic E-state index is 0.0372. The van der Waals surface area contributed by atoms with E-state index in [0.717, 1.165) is 50.9 Å². The van der Waals surface area contributed by atoms with Gasteiger partial charge in [-0.3, -0.25) is 14.4 Å². The number of hydrogen-bond acceptors (Lipinski definition) is 6. The summed E-state index contributed by atoms with van der Waals surface area (Å²) in [6, 6.07) is 21.9. The van der Waals surface area contributed by atoms with Gasteiger partial charge in [-0.2, -0.15) is 0 Å². The van der Waals surface area contributed by atoms with Gasteiger partial charge in [-0.15, -0.1) is 0 Å². The fraction of sp³-hybridized carbons (Fsp3) is 0.342. The van der Waals surface area contributed by atoms with Gasteiger partial charge in [-0.1, -0.05) is 53.6 Å². The van der Waals surface area contributed by atoms with E-state index in [4.69, 9.17) is 20.8 Å². The number of benzene rings is 3. The number of hydrogen-bond donors (Lipinski definition) is 1. The average molecular weight is 654 g/mol. The lowest BCUT2D eigenvalue weighted by molar-refractivity contribution is -0.133. The quantitative estimate of drug-likeness (QED) is 0.187. The first kappa shape index (κ1) is 32.4. The van der Waals surface area contributed by atoms with E-state index in [1.165, 1.54) is 22.9 Å². The standard InChI is InChI=1S/C38H40ClN3O5/c1-2-46-31-14-15-35-32(23-31)34(43)24-36(47-35)38(45)40-30(21-26-10-12-29(39)13-11-26)22-27-16-19-41(20-17-27)33-8-4-3-7-28(33)25-42-18-6-5-9-37(42)44/h3-4,7-8,10-15,22-24,30H,2,5-6,9,16-21,25H2,1H3,(H,40,45)/t30-/m0/s1. The van der Waals surface area contributed by atoms with Crippen LogP contribution in [0.3, 0.4) is 0 Å². The number of piperidine rings is 2. The summed E-state index contributed by atoms with van der Waals surface area (Å²) >= 11 is 6.14. The van der Waals surface area contributed by atoms with Gasteiger partial charge in [0.1, 0.15) is 11.3 Å². The Morgan fingerprint density at radius 3 is 2.53 bits per heavy atom. The molecule has 8 nitrogen and oxygen atoms in total. The molecule has 244 valence electrons. The zero-order chi connectivity index (χ0) is 32.8. The molecule has 1 aromatic heterocycles. The highest BCUT2D eigenvalue weighted by atomic mass is 35.5. The number of halogens is 1. The van der Waals surface area contributed by atoms with E-state index < -0.39 is 5.91 Å². The molecule has 4 aromatic rings. The second-order valence-corrected chi connectivity index (χ2v) is 12.6. The maximum atomic E-state index is 13.5. The van der Waals surface area contributed by atoms with Crippen molar-refractivity contribution in [2.24, 2.45) is 0 Å². The largest absolute Gasteiger partial charge is 0.494 e. The SMILES string of the molecule is CCOc1ccc2oc(C(=O)N[C@H](C=C3CCN(c4ccccc4CN4CCCCC4=O)CC3)Cc3ccc(Cl)cc3)cc(=O)c2c1. The van der Waals surface area contributed by atoms with E-state index in [2.05, 4.69) is 34.5 Å². The molecule has 2 amide bonds. The Kier molecular flexibility index (Phi) is 10.3. The lowest BCUT2D eigenvalue weighted by atomic mass is 9.97. The molecule has 0 unspecified atom stereocenters. The maximum Gasteiger partial charge on any atom is 0.287 e. The third-order valence-corrected chi connectivity index (χ3v) is 9.13. The molecule has 0 bridgehead atoms. The van der Waals surface area contributed by atoms with Crippen LogP contribution in [0.1, 0.15) is 60.7 Å². The van der Waals surface area contributed by atoms with Crippen molar-refractivity contribution in [1.82, 2.24) is 10.2 Å². The molecule has 3 heterocycles. The highest BCUT2D eigenvalue weighted by Crippen LogP contribution is 2.29. The van der Waals surface area contributed by atoms with Gasteiger partial charge in [-0.25, -0.2) is 0 Å². The number of rotatable bonds is 10. The summed E-state index contributed by atoms with van der Waals surface area (Å²) in [6.45, 7) is 5.48. The zero-order valence-corrected chi connectivity index (χ0v) is 27.4. The summed E-state index contributed by atoms with van der Waals surface area (Å²) in [6.07, 6.45) is 7.06. The third-order valence-electron chi connectivity index (χ3n) is 8.88. The number of amides is 2. The van der Waals surface area contributed by atoms with Gasteiger partial charge in [0, 0.05) is 49.4 Å². The molecule has 2 fully saturated rings. The molecule has 2 aliphatic heterocycles. The number of para-hydroxylation sites is 1. The zero-order valence-electron chi connectivity index (χ0n) is 26.7. The summed E-state index contributed by atoms with van der Waals surface area (Å²) in [5, 5.41) is 4.12. The number of likely N-dealkylation sites (tertiary alicyclic amines) is 1. The van der Waals surface area contributed by atoms with E-state index in [-0.39, 0.29) is 23.1 Å². The summed E-state index contributed by atoms with van der Waals surface area (Å²) in [5.74, 6) is 0.324. The molecule has 0 aliphatic carbocycles. The van der Waals surface area contributed by atoms with Gasteiger partial charge >= 0.3 is 0 Å². The second kappa shape index (κ2) is 14.9. The summed E-state index contributed by atoms with van der Waals surface area (Å²) in [7, 11) is 0. The smallest absolute Gasteiger partial charge is 0.287 e. The van der Waals surface area contributed by atoms with Gasteiger partial charge in [0.2, 0.25) is 5.91 Å². The number of ether oxygens (including phenoxy) is 1. The van der Waals surface area contributed by atoms with Crippen molar-refractivity contribution in [2.45, 2.75) is 58.0 Å². The normalized spacial score (nSPS) is 15.9. The average Bonchev–Trinajstić information content (AvgIpc) is 3.08. The van der Waals surface area contributed by atoms with Crippen LogP contribution in [0.2, 0.25) is 5.02 Å². The number of carbonyl (C=O) groups excluding carboxylic acids is 2. The lowest BCUT2D eigenvalue weighted by Crippen LogP contribution is -2.37. The minimum atomic E-state index is -0.452. The van der Waals surface area contributed by atoms with Crippen LogP contribution in [0, 0.1) is 0 Å². The Hall–Kier alpha value is -4.56. The first-order valence-electron chi connectivity index (χ1n) is 16.4. The number of nitrogens with zero attached hydrogens (tertiary/aromatic N) is 2. The number of nitrogens with one attached hydrogen (secondary N) is 1. The van der Waals surface area contributed by atoms with E-state index in [1.54, 1.807) is 18.2 Å². The molecular weight excluding hydrogens is 614 g/mol. The van der Waals surface area contributed by atoms with Crippen LogP contribution < -0.4 is 20.4 Å². The Bertz CT molecular complexity index is 1820. The first-order valence-corrected chi connectivity index (χ1v) is 16.8. The van der Waals surface area contributed by atoms with E-state index >= 15 is 0 Å². The van der Waals surface area contributed by atoms with Crippen molar-refractivity contribution in [3.63, 3.8) is 0 Å². The van der Waals surface area contributed by atoms with Crippen molar-refractivity contribution in [1.29, 1.82) is 0 Å². The van der Waals surface area contributed by atoms with Gasteiger partial charge in [0.15, 0.2) is 11.2 Å². The minimum Gasteiger partial charge on any atom is -0.494 e. The van der Waals surface area contributed by atoms with E-state index in [0.29, 0.717) is 47.7 Å². The Labute approximate surface area is 280 Å². The fourth-order valence-corrected chi connectivity index (χ4v) is 6.57. The molecular formula is C38H40ClN3O5. The highest BCUT2D eigenvalue weighted by molar-refractivity contribution is 6.30. The highest BCUT2D eigenvalue weighted by Gasteiger charge is 2.23. The molecule has 0 saturated carbocycles. The molecule has 0 spiro atoms.